The summed E-state index contributed by atoms with van der Waals surface area (Å²) < 4.78 is 0. The molecule has 0 saturated carbocycles. The standard InChI is InChI=1S/C21H37N5/c1-18-9-8-10-19(17-18)26-15-13-25(14-16-26)12-7-6-11-23-20(22-5)24-21(2,3)4/h8-10,17H,6-7,11-16H2,1-5H3,(H2,22,23,24). The quantitative estimate of drug-likeness (QED) is 0.466. The number of aryl methyl sites for hydroxylation is 1. The molecule has 1 aliphatic heterocycles. The Morgan fingerprint density at radius 3 is 2.46 bits per heavy atom. The molecule has 1 heterocycles. The van der Waals surface area contributed by atoms with Crippen LogP contribution >= 0.6 is 0 Å². The van der Waals surface area contributed by atoms with Gasteiger partial charge in [-0.1, -0.05) is 12.1 Å². The molecule has 2 N–H and O–H groups in total. The van der Waals surface area contributed by atoms with Crippen molar-refractivity contribution in [3.05, 3.63) is 29.8 Å². The summed E-state index contributed by atoms with van der Waals surface area (Å²) in [5.41, 5.74) is 2.75. The summed E-state index contributed by atoms with van der Waals surface area (Å²) in [7, 11) is 1.83. The Hall–Kier alpha value is -1.75. The molecule has 1 fully saturated rings. The van der Waals surface area contributed by atoms with Crippen molar-refractivity contribution in [3.8, 4) is 0 Å². The highest BCUT2D eigenvalue weighted by molar-refractivity contribution is 5.80. The Balaban J connectivity index is 1.60. The maximum Gasteiger partial charge on any atom is 0.191 e. The zero-order chi connectivity index (χ0) is 19.0. The van der Waals surface area contributed by atoms with Crippen molar-refractivity contribution in [2.75, 3.05) is 51.2 Å². The third-order valence-electron chi connectivity index (χ3n) is 4.65. The predicted octanol–water partition coefficient (Wildman–Crippen LogP) is 2.86. The van der Waals surface area contributed by atoms with Gasteiger partial charge < -0.3 is 15.5 Å². The first kappa shape index (κ1) is 20.6. The van der Waals surface area contributed by atoms with Gasteiger partial charge in [-0.15, -0.1) is 0 Å². The first-order valence-corrected chi connectivity index (χ1v) is 9.90. The second-order valence-corrected chi connectivity index (χ2v) is 8.25. The van der Waals surface area contributed by atoms with E-state index in [-0.39, 0.29) is 5.54 Å². The van der Waals surface area contributed by atoms with Crippen LogP contribution < -0.4 is 15.5 Å². The maximum atomic E-state index is 4.28. The first-order valence-electron chi connectivity index (χ1n) is 9.90. The minimum Gasteiger partial charge on any atom is -0.369 e. The molecule has 1 saturated heterocycles. The molecule has 1 aliphatic rings. The molecular formula is C21H37N5. The lowest BCUT2D eigenvalue weighted by molar-refractivity contribution is 0.253. The number of unbranched alkanes of at least 4 members (excludes halogenated alkanes) is 1. The largest absolute Gasteiger partial charge is 0.369 e. The van der Waals surface area contributed by atoms with Gasteiger partial charge in [0.15, 0.2) is 5.96 Å². The Bertz CT molecular complexity index is 568. The van der Waals surface area contributed by atoms with Crippen molar-refractivity contribution in [3.63, 3.8) is 0 Å². The van der Waals surface area contributed by atoms with Crippen molar-refractivity contribution < 1.29 is 0 Å². The number of nitrogens with one attached hydrogen (secondary N) is 2. The van der Waals surface area contributed by atoms with E-state index in [0.29, 0.717) is 0 Å². The highest BCUT2D eigenvalue weighted by atomic mass is 15.3. The highest BCUT2D eigenvalue weighted by Crippen LogP contribution is 2.17. The number of rotatable bonds is 6. The van der Waals surface area contributed by atoms with Gasteiger partial charge in [0.1, 0.15) is 0 Å². The molecule has 0 unspecified atom stereocenters. The highest BCUT2D eigenvalue weighted by Gasteiger charge is 2.17. The Morgan fingerprint density at radius 1 is 1.12 bits per heavy atom. The van der Waals surface area contributed by atoms with E-state index in [1.165, 1.54) is 30.6 Å². The third-order valence-corrected chi connectivity index (χ3v) is 4.65. The summed E-state index contributed by atoms with van der Waals surface area (Å²) >= 11 is 0. The van der Waals surface area contributed by atoms with Crippen LogP contribution in [-0.4, -0.2) is 62.7 Å². The van der Waals surface area contributed by atoms with Gasteiger partial charge in [-0.2, -0.15) is 0 Å². The number of piperazine rings is 1. The summed E-state index contributed by atoms with van der Waals surface area (Å²) in [6, 6.07) is 8.85. The van der Waals surface area contributed by atoms with E-state index in [9.17, 15) is 0 Å². The zero-order valence-corrected chi connectivity index (χ0v) is 17.3. The predicted molar refractivity (Wildman–Crippen MR) is 113 cm³/mol. The van der Waals surface area contributed by atoms with E-state index in [0.717, 1.165) is 38.7 Å². The zero-order valence-electron chi connectivity index (χ0n) is 17.3. The molecule has 2 rings (SSSR count). The normalized spacial score (nSPS) is 16.7. The van der Waals surface area contributed by atoms with Crippen LogP contribution in [0.5, 0.6) is 0 Å². The first-order chi connectivity index (χ1) is 12.4. The molecule has 0 aromatic heterocycles. The Kier molecular flexibility index (Phi) is 7.76. The van der Waals surface area contributed by atoms with Crippen LogP contribution in [0.1, 0.15) is 39.2 Å². The molecule has 1 aromatic rings. The van der Waals surface area contributed by atoms with Crippen LogP contribution in [-0.2, 0) is 0 Å². The number of aliphatic imine (C=N–C) groups is 1. The number of benzene rings is 1. The van der Waals surface area contributed by atoms with Crippen LogP contribution in [0.15, 0.2) is 29.3 Å². The van der Waals surface area contributed by atoms with Crippen molar-refractivity contribution >= 4 is 11.6 Å². The van der Waals surface area contributed by atoms with Gasteiger partial charge in [0, 0.05) is 51.0 Å². The van der Waals surface area contributed by atoms with E-state index in [4.69, 9.17) is 0 Å². The summed E-state index contributed by atoms with van der Waals surface area (Å²) in [6.07, 6.45) is 2.40. The smallest absolute Gasteiger partial charge is 0.191 e. The van der Waals surface area contributed by atoms with Gasteiger partial charge in [0.2, 0.25) is 0 Å². The second-order valence-electron chi connectivity index (χ2n) is 8.25. The van der Waals surface area contributed by atoms with Gasteiger partial charge >= 0.3 is 0 Å². The van der Waals surface area contributed by atoms with Crippen LogP contribution in [0.4, 0.5) is 5.69 Å². The fraction of sp³-hybridized carbons (Fsp3) is 0.667. The second kappa shape index (κ2) is 9.81. The number of guanidine groups is 1. The summed E-state index contributed by atoms with van der Waals surface area (Å²) in [4.78, 5) is 9.38. The molecule has 146 valence electrons. The van der Waals surface area contributed by atoms with E-state index < -0.39 is 0 Å². The number of hydrogen-bond acceptors (Lipinski definition) is 3. The fourth-order valence-electron chi connectivity index (χ4n) is 3.26. The van der Waals surface area contributed by atoms with Crippen LogP contribution in [0.3, 0.4) is 0 Å². The summed E-state index contributed by atoms with van der Waals surface area (Å²) in [6.45, 7) is 15.4. The summed E-state index contributed by atoms with van der Waals surface area (Å²) in [5.74, 6) is 0.893. The molecule has 0 amide bonds. The van der Waals surface area contributed by atoms with Gasteiger partial charge in [-0.3, -0.25) is 9.89 Å². The maximum absolute atomic E-state index is 4.28. The third kappa shape index (κ3) is 7.24. The summed E-state index contributed by atoms with van der Waals surface area (Å²) in [5, 5.41) is 6.80. The number of hydrogen-bond donors (Lipinski definition) is 2. The van der Waals surface area contributed by atoms with Crippen molar-refractivity contribution in [2.45, 2.75) is 46.1 Å². The molecule has 0 spiro atoms. The SMILES string of the molecule is CN=C(NCCCCN1CCN(c2cccc(C)c2)CC1)NC(C)(C)C. The minimum atomic E-state index is 0.0405. The lowest BCUT2D eigenvalue weighted by Gasteiger charge is -2.36. The van der Waals surface area contributed by atoms with Crippen molar-refractivity contribution in [2.24, 2.45) is 4.99 Å². The Labute approximate surface area is 159 Å². The topological polar surface area (TPSA) is 42.9 Å². The lowest BCUT2D eigenvalue weighted by atomic mass is 10.1. The molecule has 5 nitrogen and oxygen atoms in total. The van der Waals surface area contributed by atoms with Gasteiger partial charge in [0.05, 0.1) is 0 Å². The fourth-order valence-corrected chi connectivity index (χ4v) is 3.26. The minimum absolute atomic E-state index is 0.0405. The van der Waals surface area contributed by atoms with Crippen molar-refractivity contribution in [1.29, 1.82) is 0 Å². The molecule has 0 atom stereocenters. The van der Waals surface area contributed by atoms with Gasteiger partial charge in [-0.25, -0.2) is 0 Å². The molecule has 0 radical (unpaired) electrons. The van der Waals surface area contributed by atoms with E-state index in [1.807, 2.05) is 7.05 Å². The van der Waals surface area contributed by atoms with Gasteiger partial charge in [0.25, 0.3) is 0 Å². The lowest BCUT2D eigenvalue weighted by Crippen LogP contribution is -2.48. The van der Waals surface area contributed by atoms with E-state index >= 15 is 0 Å². The van der Waals surface area contributed by atoms with Crippen LogP contribution in [0, 0.1) is 6.92 Å². The van der Waals surface area contributed by atoms with Crippen LogP contribution in [0.25, 0.3) is 0 Å². The molecule has 26 heavy (non-hydrogen) atoms. The molecule has 1 aromatic carbocycles. The molecule has 5 heteroatoms. The number of nitrogens with zero attached hydrogens (tertiary/aromatic N) is 3. The van der Waals surface area contributed by atoms with Crippen LogP contribution in [0.2, 0.25) is 0 Å². The molecular weight excluding hydrogens is 322 g/mol. The number of anilines is 1. The van der Waals surface area contributed by atoms with E-state index in [2.05, 4.69) is 77.4 Å². The average molecular weight is 360 g/mol. The van der Waals surface area contributed by atoms with Crippen molar-refractivity contribution in [1.82, 2.24) is 15.5 Å². The monoisotopic (exact) mass is 359 g/mol. The average Bonchev–Trinajstić information content (AvgIpc) is 2.60. The molecule has 0 bridgehead atoms. The van der Waals surface area contributed by atoms with E-state index in [1.54, 1.807) is 0 Å². The van der Waals surface area contributed by atoms with Gasteiger partial charge in [-0.05, 0) is 64.8 Å². The molecule has 0 aliphatic carbocycles. The Morgan fingerprint density at radius 2 is 1.85 bits per heavy atom.